The van der Waals surface area contributed by atoms with Crippen LogP contribution < -0.4 is 10.6 Å². The van der Waals surface area contributed by atoms with Gasteiger partial charge >= 0.3 is 0 Å². The van der Waals surface area contributed by atoms with Gasteiger partial charge in [-0.05, 0) is 69.8 Å². The van der Waals surface area contributed by atoms with Crippen molar-refractivity contribution >= 4 is 34.4 Å². The van der Waals surface area contributed by atoms with Crippen molar-refractivity contribution in [2.75, 3.05) is 44.4 Å². The van der Waals surface area contributed by atoms with Crippen LogP contribution in [0.1, 0.15) is 28.8 Å². The molecular weight excluding hydrogens is 502 g/mol. The van der Waals surface area contributed by atoms with E-state index >= 15 is 0 Å². The quantitative estimate of drug-likeness (QED) is 0.281. The molecular formula is C31H35N7O2. The molecule has 3 heterocycles. The number of para-hydroxylation sites is 1. The van der Waals surface area contributed by atoms with Crippen LogP contribution in [0.5, 0.6) is 0 Å². The molecule has 4 aromatic rings. The summed E-state index contributed by atoms with van der Waals surface area (Å²) in [5, 5.41) is 7.42. The molecule has 2 aromatic heterocycles. The summed E-state index contributed by atoms with van der Waals surface area (Å²) in [6, 6.07) is 15.3. The van der Waals surface area contributed by atoms with Crippen molar-refractivity contribution in [2.24, 2.45) is 0 Å². The van der Waals surface area contributed by atoms with Crippen LogP contribution in [-0.4, -0.2) is 76.3 Å². The molecule has 206 valence electrons. The van der Waals surface area contributed by atoms with E-state index in [0.29, 0.717) is 36.8 Å². The number of nitrogens with one attached hydrogen (secondary N) is 3. The minimum atomic E-state index is -0.197. The topological polar surface area (TPSA) is 106 Å². The van der Waals surface area contributed by atoms with E-state index in [2.05, 4.69) is 32.7 Å². The zero-order valence-corrected chi connectivity index (χ0v) is 23.1. The predicted molar refractivity (Wildman–Crippen MR) is 159 cm³/mol. The Hall–Kier alpha value is -4.50. The highest BCUT2D eigenvalue weighted by atomic mass is 16.2. The highest BCUT2D eigenvalue weighted by Gasteiger charge is 2.25. The molecule has 40 heavy (non-hydrogen) atoms. The average molecular weight is 538 g/mol. The number of nitrogens with zero attached hydrogens (tertiary/aromatic N) is 4. The number of carbonyl (C=O) groups excluding carboxylic acids is 2. The third-order valence-corrected chi connectivity index (χ3v) is 7.00. The fourth-order valence-corrected chi connectivity index (χ4v) is 4.95. The Labute approximate surface area is 234 Å². The largest absolute Gasteiger partial charge is 0.360 e. The van der Waals surface area contributed by atoms with Gasteiger partial charge in [-0.15, -0.1) is 0 Å². The summed E-state index contributed by atoms with van der Waals surface area (Å²) in [5.41, 5.74) is 5.24. The van der Waals surface area contributed by atoms with E-state index in [-0.39, 0.29) is 17.9 Å². The van der Waals surface area contributed by atoms with Gasteiger partial charge in [0.25, 0.3) is 5.91 Å². The van der Waals surface area contributed by atoms with E-state index in [9.17, 15) is 9.59 Å². The van der Waals surface area contributed by atoms with Gasteiger partial charge in [0.1, 0.15) is 0 Å². The van der Waals surface area contributed by atoms with Crippen LogP contribution in [0.15, 0.2) is 73.1 Å². The molecule has 1 aliphatic rings. The van der Waals surface area contributed by atoms with Crippen molar-refractivity contribution in [2.45, 2.75) is 25.8 Å². The number of aryl methyl sites for hydroxylation is 1. The van der Waals surface area contributed by atoms with Gasteiger partial charge in [0.2, 0.25) is 11.9 Å². The van der Waals surface area contributed by atoms with Gasteiger partial charge in [-0.3, -0.25) is 9.59 Å². The van der Waals surface area contributed by atoms with Crippen LogP contribution >= 0.6 is 0 Å². The van der Waals surface area contributed by atoms with E-state index in [1.807, 2.05) is 55.3 Å². The Bertz CT molecular complexity index is 1520. The molecule has 0 radical (unpaired) electrons. The van der Waals surface area contributed by atoms with E-state index in [4.69, 9.17) is 4.98 Å². The van der Waals surface area contributed by atoms with Crippen LogP contribution in [0.25, 0.3) is 22.2 Å². The van der Waals surface area contributed by atoms with Gasteiger partial charge < -0.3 is 25.4 Å². The Morgan fingerprint density at radius 3 is 2.75 bits per heavy atom. The first kappa shape index (κ1) is 27.1. The zero-order chi connectivity index (χ0) is 28.1. The molecule has 3 N–H and O–H groups in total. The SMILES string of the molecule is Cc1cnc(N[C@@H]2CCCN(C(=O)c3ccc(NC(=O)/C=C/CN(C)C)cc3)C2)nc1-c1c[nH]c2ccccc12. The van der Waals surface area contributed by atoms with Gasteiger partial charge in [-0.1, -0.05) is 24.3 Å². The first-order valence-corrected chi connectivity index (χ1v) is 13.6. The summed E-state index contributed by atoms with van der Waals surface area (Å²) >= 11 is 0. The number of H-pyrrole nitrogens is 1. The average Bonchev–Trinajstić information content (AvgIpc) is 3.38. The van der Waals surface area contributed by atoms with E-state index in [0.717, 1.165) is 40.6 Å². The third-order valence-electron chi connectivity index (χ3n) is 7.00. The summed E-state index contributed by atoms with van der Waals surface area (Å²) in [6.45, 7) is 3.96. The number of likely N-dealkylation sites (N-methyl/N-ethyl adjacent to an activating group) is 1. The second-order valence-corrected chi connectivity index (χ2v) is 10.4. The standard InChI is InChI=1S/C31H35N7O2/c1-21-18-33-31(36-29(21)26-19-32-27-10-5-4-9-25(26)27)35-24-8-6-17-38(20-24)30(40)22-12-14-23(15-13-22)34-28(39)11-7-16-37(2)3/h4-5,7,9-15,18-19,24,32H,6,8,16-17,20H2,1-3H3,(H,34,39)(H,33,35,36)/b11-7+/t24-/m1/s1. The molecule has 9 nitrogen and oxygen atoms in total. The van der Waals surface area contributed by atoms with Crippen molar-refractivity contribution in [3.63, 3.8) is 0 Å². The van der Waals surface area contributed by atoms with Crippen LogP contribution in [0, 0.1) is 6.92 Å². The molecule has 0 spiro atoms. The van der Waals surface area contributed by atoms with E-state index in [1.54, 1.807) is 30.3 Å². The maximum atomic E-state index is 13.3. The molecule has 1 aliphatic heterocycles. The Kier molecular flexibility index (Phi) is 8.21. The van der Waals surface area contributed by atoms with Crippen LogP contribution in [-0.2, 0) is 4.79 Å². The maximum Gasteiger partial charge on any atom is 0.253 e. The number of rotatable bonds is 8. The predicted octanol–water partition coefficient (Wildman–Crippen LogP) is 4.71. The van der Waals surface area contributed by atoms with Crippen LogP contribution in [0.4, 0.5) is 11.6 Å². The monoisotopic (exact) mass is 537 g/mol. The van der Waals surface area contributed by atoms with Crippen molar-refractivity contribution < 1.29 is 9.59 Å². The normalized spacial score (nSPS) is 15.6. The summed E-state index contributed by atoms with van der Waals surface area (Å²) < 4.78 is 0. The zero-order valence-electron chi connectivity index (χ0n) is 23.1. The van der Waals surface area contributed by atoms with Gasteiger partial charge in [-0.2, -0.15) is 0 Å². The molecule has 5 rings (SSSR count). The number of piperidine rings is 1. The second kappa shape index (κ2) is 12.1. The molecule has 2 amide bonds. The number of likely N-dealkylation sites (tertiary alicyclic amines) is 1. The third kappa shape index (κ3) is 6.38. The number of fused-ring (bicyclic) bond motifs is 1. The first-order chi connectivity index (χ1) is 19.4. The van der Waals surface area contributed by atoms with Gasteiger partial charge in [0.15, 0.2) is 0 Å². The van der Waals surface area contributed by atoms with Crippen molar-refractivity contribution in [1.29, 1.82) is 0 Å². The molecule has 0 bridgehead atoms. The van der Waals surface area contributed by atoms with Gasteiger partial charge in [0, 0.05) is 71.9 Å². The highest BCUT2D eigenvalue weighted by Crippen LogP contribution is 2.30. The molecule has 1 saturated heterocycles. The molecule has 1 atom stereocenters. The number of aromatic amines is 1. The highest BCUT2D eigenvalue weighted by molar-refractivity contribution is 6.00. The fourth-order valence-electron chi connectivity index (χ4n) is 4.95. The lowest BCUT2D eigenvalue weighted by atomic mass is 10.0. The molecule has 0 saturated carbocycles. The first-order valence-electron chi connectivity index (χ1n) is 13.6. The Morgan fingerprint density at radius 1 is 1.15 bits per heavy atom. The Morgan fingerprint density at radius 2 is 1.95 bits per heavy atom. The lowest BCUT2D eigenvalue weighted by Crippen LogP contribution is -2.45. The van der Waals surface area contributed by atoms with E-state index in [1.165, 1.54) is 6.08 Å². The van der Waals surface area contributed by atoms with Crippen molar-refractivity contribution in [3.8, 4) is 11.3 Å². The molecule has 1 fully saturated rings. The number of hydrogen-bond acceptors (Lipinski definition) is 6. The Balaban J connectivity index is 1.22. The number of anilines is 2. The smallest absolute Gasteiger partial charge is 0.253 e. The second-order valence-electron chi connectivity index (χ2n) is 10.4. The van der Waals surface area contributed by atoms with Crippen molar-refractivity contribution in [3.05, 3.63) is 84.2 Å². The number of amides is 2. The maximum absolute atomic E-state index is 13.3. The number of carbonyl (C=O) groups is 2. The van der Waals surface area contributed by atoms with Gasteiger partial charge in [-0.25, -0.2) is 9.97 Å². The molecule has 2 aromatic carbocycles. The van der Waals surface area contributed by atoms with Crippen molar-refractivity contribution in [1.82, 2.24) is 24.8 Å². The molecule has 0 aliphatic carbocycles. The van der Waals surface area contributed by atoms with Crippen LogP contribution in [0.2, 0.25) is 0 Å². The minimum absolute atomic E-state index is 0.0282. The van der Waals surface area contributed by atoms with Gasteiger partial charge in [0.05, 0.1) is 5.69 Å². The lowest BCUT2D eigenvalue weighted by Gasteiger charge is -2.33. The molecule has 0 unspecified atom stereocenters. The summed E-state index contributed by atoms with van der Waals surface area (Å²) in [4.78, 5) is 41.9. The van der Waals surface area contributed by atoms with Crippen LogP contribution in [0.3, 0.4) is 0 Å². The van der Waals surface area contributed by atoms with E-state index < -0.39 is 0 Å². The summed E-state index contributed by atoms with van der Waals surface area (Å²) in [6.07, 6.45) is 8.97. The molecule has 9 heteroatoms. The number of hydrogen-bond donors (Lipinski definition) is 3. The number of benzene rings is 2. The summed E-state index contributed by atoms with van der Waals surface area (Å²) in [5.74, 6) is 0.335. The number of aromatic nitrogens is 3. The summed E-state index contributed by atoms with van der Waals surface area (Å²) in [7, 11) is 3.88. The fraction of sp³-hybridized carbons (Fsp3) is 0.290. The lowest BCUT2D eigenvalue weighted by molar-refractivity contribution is -0.111. The minimum Gasteiger partial charge on any atom is -0.360 e.